The van der Waals surface area contributed by atoms with Gasteiger partial charge in [-0.15, -0.1) is 0 Å². The van der Waals surface area contributed by atoms with Crippen molar-refractivity contribution in [2.24, 2.45) is 10.9 Å². The van der Waals surface area contributed by atoms with Crippen molar-refractivity contribution in [3.8, 4) is 0 Å². The first-order valence-corrected chi connectivity index (χ1v) is 7.01. The van der Waals surface area contributed by atoms with Crippen molar-refractivity contribution in [1.29, 1.82) is 0 Å². The Balaban J connectivity index is 2.10. The van der Waals surface area contributed by atoms with Gasteiger partial charge in [-0.2, -0.15) is 0 Å². The monoisotopic (exact) mass is 357 g/mol. The summed E-state index contributed by atoms with van der Waals surface area (Å²) < 4.78 is 1.16. The third kappa shape index (κ3) is 3.22. The molecule has 1 aromatic rings. The molecule has 2 N–H and O–H groups in total. The van der Waals surface area contributed by atoms with Gasteiger partial charge in [0.25, 0.3) is 5.91 Å². The Hall–Kier alpha value is -1.11. The maximum atomic E-state index is 11.9. The van der Waals surface area contributed by atoms with Gasteiger partial charge in [-0.25, -0.2) is 0 Å². The molecule has 4 nitrogen and oxygen atoms in total. The van der Waals surface area contributed by atoms with Gasteiger partial charge in [0.2, 0.25) is 0 Å². The lowest BCUT2D eigenvalue weighted by molar-refractivity contribution is -0.120. The fourth-order valence-corrected chi connectivity index (χ4v) is 2.04. The molecule has 1 aliphatic rings. The van der Waals surface area contributed by atoms with Gasteiger partial charge in [-0.05, 0) is 46.2 Å². The number of guanidine groups is 1. The molecule has 1 saturated heterocycles. The predicted octanol–water partition coefficient (Wildman–Crippen LogP) is 2.06. The van der Waals surface area contributed by atoms with Crippen molar-refractivity contribution in [3.63, 3.8) is 0 Å². The largest absolute Gasteiger partial charge is 0.340 e. The van der Waals surface area contributed by atoms with Crippen LogP contribution in [-0.2, 0) is 4.79 Å². The molecule has 0 spiro atoms. The molecule has 1 aliphatic heterocycles. The Kier molecular flexibility index (Phi) is 4.21. The van der Waals surface area contributed by atoms with E-state index in [0.717, 1.165) is 9.13 Å². The number of benzene rings is 1. The van der Waals surface area contributed by atoms with Crippen LogP contribution in [0.4, 0.5) is 0 Å². The van der Waals surface area contributed by atoms with Crippen LogP contribution in [0.3, 0.4) is 0 Å². The normalized spacial score (nSPS) is 21.2. The van der Waals surface area contributed by atoms with Gasteiger partial charge in [0.05, 0.1) is 0 Å². The highest BCUT2D eigenvalue weighted by molar-refractivity contribution is 14.1. The number of hydrogen-bond donors (Lipinski definition) is 2. The number of amides is 1. The van der Waals surface area contributed by atoms with Crippen LogP contribution in [0.15, 0.2) is 29.3 Å². The Morgan fingerprint density at radius 2 is 2.00 bits per heavy atom. The molecule has 1 fully saturated rings. The Morgan fingerprint density at radius 1 is 1.33 bits per heavy atom. The van der Waals surface area contributed by atoms with Crippen LogP contribution in [0.2, 0.25) is 0 Å². The number of halogens is 1. The topological polar surface area (TPSA) is 53.5 Å². The van der Waals surface area contributed by atoms with Gasteiger partial charge < -0.3 is 5.32 Å². The third-order valence-corrected chi connectivity index (χ3v) is 3.32. The van der Waals surface area contributed by atoms with Crippen LogP contribution in [0, 0.1) is 9.49 Å². The van der Waals surface area contributed by atoms with Gasteiger partial charge in [0.15, 0.2) is 5.96 Å². The minimum Gasteiger partial charge on any atom is -0.340 e. The highest BCUT2D eigenvalue weighted by Crippen LogP contribution is 2.17. The second-order valence-electron chi connectivity index (χ2n) is 4.70. The summed E-state index contributed by atoms with van der Waals surface area (Å²) >= 11 is 2.24. The first-order valence-electron chi connectivity index (χ1n) is 5.93. The second-order valence-corrected chi connectivity index (χ2v) is 5.95. The van der Waals surface area contributed by atoms with E-state index < -0.39 is 0 Å². The molecular formula is C13H16IN3O. The van der Waals surface area contributed by atoms with Crippen molar-refractivity contribution < 1.29 is 4.79 Å². The molecule has 2 rings (SSSR count). The minimum atomic E-state index is -0.326. The number of nitrogens with zero attached hydrogens (tertiary/aromatic N) is 1. The zero-order valence-corrected chi connectivity index (χ0v) is 12.6. The molecule has 5 heteroatoms. The molecule has 96 valence electrons. The minimum absolute atomic E-state index is 0.0429. The van der Waals surface area contributed by atoms with Crippen molar-refractivity contribution in [1.82, 2.24) is 10.6 Å². The molecular weight excluding hydrogens is 341 g/mol. The Morgan fingerprint density at radius 3 is 2.61 bits per heavy atom. The van der Waals surface area contributed by atoms with E-state index in [1.807, 2.05) is 24.3 Å². The highest BCUT2D eigenvalue weighted by Gasteiger charge is 2.29. The molecule has 0 bridgehead atoms. The molecule has 1 heterocycles. The first kappa shape index (κ1) is 13.3. The zero-order valence-electron chi connectivity index (χ0n) is 10.4. The van der Waals surface area contributed by atoms with Gasteiger partial charge >= 0.3 is 0 Å². The summed E-state index contributed by atoms with van der Waals surface area (Å²) in [7, 11) is 0. The summed E-state index contributed by atoms with van der Waals surface area (Å²) in [6.45, 7) is 4.90. The first-order chi connectivity index (χ1) is 8.56. The molecule has 1 aromatic carbocycles. The summed E-state index contributed by atoms with van der Waals surface area (Å²) in [6, 6.07) is 7.59. The summed E-state index contributed by atoms with van der Waals surface area (Å²) in [5, 5.41) is 5.89. The van der Waals surface area contributed by atoms with E-state index in [9.17, 15) is 4.79 Å². The number of nitrogens with one attached hydrogen (secondary N) is 2. The zero-order chi connectivity index (χ0) is 13.1. The quantitative estimate of drug-likeness (QED) is 0.814. The number of hydrogen-bond acceptors (Lipinski definition) is 2. The van der Waals surface area contributed by atoms with Crippen LogP contribution in [-0.4, -0.2) is 18.4 Å². The van der Waals surface area contributed by atoms with E-state index in [1.54, 1.807) is 0 Å². The van der Waals surface area contributed by atoms with Crippen LogP contribution in [0.5, 0.6) is 0 Å². The van der Waals surface area contributed by atoms with E-state index in [4.69, 9.17) is 0 Å². The van der Waals surface area contributed by atoms with Gasteiger partial charge in [0.1, 0.15) is 6.04 Å². The summed E-state index contributed by atoms with van der Waals surface area (Å²) in [5.74, 6) is 1.02. The van der Waals surface area contributed by atoms with Crippen LogP contribution < -0.4 is 10.6 Å². The highest BCUT2D eigenvalue weighted by atomic mass is 127. The SMILES string of the molecule is CC(C)CN=C1NC(=O)C(c2ccc(I)cc2)N1. The standard InChI is InChI=1S/C13H16IN3O/c1-8(2)7-15-13-16-11(12(18)17-13)9-3-5-10(14)6-4-9/h3-6,8,11H,7H2,1-2H3,(H2,15,16,17,18). The van der Waals surface area contributed by atoms with E-state index in [0.29, 0.717) is 18.4 Å². The van der Waals surface area contributed by atoms with Crippen LogP contribution in [0.25, 0.3) is 0 Å². The number of aliphatic imine (C=N–C) groups is 1. The smallest absolute Gasteiger partial charge is 0.253 e. The summed E-state index contributed by atoms with van der Waals surface area (Å²) in [6.07, 6.45) is 0. The molecule has 18 heavy (non-hydrogen) atoms. The fourth-order valence-electron chi connectivity index (χ4n) is 1.68. The van der Waals surface area contributed by atoms with Gasteiger partial charge in [-0.1, -0.05) is 26.0 Å². The summed E-state index contributed by atoms with van der Waals surface area (Å²) in [4.78, 5) is 16.2. The maximum Gasteiger partial charge on any atom is 0.253 e. The number of rotatable bonds is 3. The summed E-state index contributed by atoms with van der Waals surface area (Å²) in [5.41, 5.74) is 0.961. The molecule has 0 aliphatic carbocycles. The Bertz CT molecular complexity index is 468. The molecule has 1 amide bonds. The van der Waals surface area contributed by atoms with Crippen molar-refractivity contribution in [2.75, 3.05) is 6.54 Å². The van der Waals surface area contributed by atoms with Crippen molar-refractivity contribution in [3.05, 3.63) is 33.4 Å². The lowest BCUT2D eigenvalue weighted by Gasteiger charge is -2.08. The molecule has 1 atom stereocenters. The van der Waals surface area contributed by atoms with Crippen LogP contribution in [0.1, 0.15) is 25.5 Å². The number of carbonyl (C=O) groups excluding carboxylic acids is 1. The number of carbonyl (C=O) groups is 1. The molecule has 0 aromatic heterocycles. The predicted molar refractivity (Wildman–Crippen MR) is 80.3 cm³/mol. The van der Waals surface area contributed by atoms with Gasteiger partial charge in [0, 0.05) is 10.1 Å². The average Bonchev–Trinajstić information content (AvgIpc) is 2.69. The van der Waals surface area contributed by atoms with Crippen molar-refractivity contribution in [2.45, 2.75) is 19.9 Å². The van der Waals surface area contributed by atoms with E-state index in [1.165, 1.54) is 0 Å². The Labute approximate surface area is 120 Å². The van der Waals surface area contributed by atoms with Crippen LogP contribution >= 0.6 is 22.6 Å². The second kappa shape index (κ2) is 5.69. The van der Waals surface area contributed by atoms with E-state index in [-0.39, 0.29) is 11.9 Å². The van der Waals surface area contributed by atoms with Gasteiger partial charge in [-0.3, -0.25) is 15.1 Å². The lowest BCUT2D eigenvalue weighted by Crippen LogP contribution is -2.26. The van der Waals surface area contributed by atoms with Crippen molar-refractivity contribution >= 4 is 34.5 Å². The lowest BCUT2D eigenvalue weighted by atomic mass is 10.1. The average molecular weight is 357 g/mol. The van der Waals surface area contributed by atoms with E-state index >= 15 is 0 Å². The van der Waals surface area contributed by atoms with E-state index in [2.05, 4.69) is 52.1 Å². The molecule has 0 radical (unpaired) electrons. The molecule has 0 saturated carbocycles. The fraction of sp³-hybridized carbons (Fsp3) is 0.385. The third-order valence-electron chi connectivity index (χ3n) is 2.60. The molecule has 1 unspecified atom stereocenters. The maximum absolute atomic E-state index is 11.9.